The van der Waals surface area contributed by atoms with Crippen LogP contribution in [0.1, 0.15) is 11.6 Å². The second-order valence-corrected chi connectivity index (χ2v) is 4.91. The molecule has 0 aliphatic carbocycles. The zero-order valence-corrected chi connectivity index (χ0v) is 11.2. The van der Waals surface area contributed by atoms with E-state index in [1.54, 1.807) is 6.20 Å². The van der Waals surface area contributed by atoms with Gasteiger partial charge in [0, 0.05) is 29.7 Å². The van der Waals surface area contributed by atoms with Crippen LogP contribution in [0.25, 0.3) is 10.9 Å². The van der Waals surface area contributed by atoms with Crippen molar-refractivity contribution in [2.75, 3.05) is 6.54 Å². The zero-order chi connectivity index (χ0) is 15.1. The van der Waals surface area contributed by atoms with Gasteiger partial charge in [0.15, 0.2) is 0 Å². The number of carbonyl (C=O) groups excluding carboxylic acids is 2. The molecular formula is C14H13N3O4. The first kappa shape index (κ1) is 13.2. The van der Waals surface area contributed by atoms with Crippen molar-refractivity contribution in [3.8, 4) is 0 Å². The molecule has 0 bridgehead atoms. The lowest BCUT2D eigenvalue weighted by Gasteiger charge is -2.09. The van der Waals surface area contributed by atoms with E-state index in [2.05, 4.69) is 5.32 Å². The Balaban J connectivity index is 2.02. The van der Waals surface area contributed by atoms with E-state index in [0.717, 1.165) is 15.8 Å². The number of aryl methyl sites for hydroxylation is 1. The lowest BCUT2D eigenvalue weighted by atomic mass is 10.1. The number of fused-ring (bicyclic) bond motifs is 1. The smallest absolute Gasteiger partial charge is 0.325 e. The van der Waals surface area contributed by atoms with Gasteiger partial charge in [-0.05, 0) is 6.07 Å². The van der Waals surface area contributed by atoms with E-state index in [1.165, 1.54) is 0 Å². The SMILES string of the molecule is Cn1cc([C@H]2NC(=O)N(CC(=O)O)C2=O)c2ccccc21. The Hall–Kier alpha value is -2.83. The van der Waals surface area contributed by atoms with Crippen LogP contribution in [-0.4, -0.2) is 39.0 Å². The maximum atomic E-state index is 12.3. The third-order valence-electron chi connectivity index (χ3n) is 3.56. The third kappa shape index (κ3) is 2.03. The zero-order valence-electron chi connectivity index (χ0n) is 11.2. The molecule has 0 saturated carbocycles. The van der Waals surface area contributed by atoms with E-state index >= 15 is 0 Å². The number of benzene rings is 1. The summed E-state index contributed by atoms with van der Waals surface area (Å²) in [6.45, 7) is -0.633. The standard InChI is InChI=1S/C14H13N3O4/c1-16-6-9(8-4-2-3-5-10(8)16)12-13(20)17(7-11(18)19)14(21)15-12/h2-6,12H,7H2,1H3,(H,15,21)(H,18,19)/t12-/m1/s1. The van der Waals surface area contributed by atoms with Gasteiger partial charge in [-0.3, -0.25) is 14.5 Å². The topological polar surface area (TPSA) is 91.6 Å². The number of hydrogen-bond donors (Lipinski definition) is 2. The Labute approximate surface area is 119 Å². The van der Waals surface area contributed by atoms with Crippen molar-refractivity contribution in [2.45, 2.75) is 6.04 Å². The Kier molecular flexibility index (Phi) is 2.90. The Morgan fingerprint density at radius 1 is 1.33 bits per heavy atom. The molecule has 2 aromatic rings. The Bertz CT molecular complexity index is 765. The number of amides is 3. The fraction of sp³-hybridized carbons (Fsp3) is 0.214. The summed E-state index contributed by atoms with van der Waals surface area (Å²) in [6, 6.07) is 5.99. The van der Waals surface area contributed by atoms with E-state index in [1.807, 2.05) is 35.9 Å². The van der Waals surface area contributed by atoms with Gasteiger partial charge in [-0.25, -0.2) is 4.79 Å². The van der Waals surface area contributed by atoms with Crippen molar-refractivity contribution >= 4 is 28.8 Å². The molecule has 3 amide bonds. The minimum atomic E-state index is -1.22. The first-order valence-corrected chi connectivity index (χ1v) is 6.36. The second kappa shape index (κ2) is 4.62. The third-order valence-corrected chi connectivity index (χ3v) is 3.56. The van der Waals surface area contributed by atoms with Crippen LogP contribution in [0.15, 0.2) is 30.5 Å². The number of carbonyl (C=O) groups is 3. The fourth-order valence-corrected chi connectivity index (χ4v) is 2.62. The molecule has 7 heteroatoms. The van der Waals surface area contributed by atoms with Crippen LogP contribution in [0.3, 0.4) is 0 Å². The molecule has 0 spiro atoms. The molecule has 1 saturated heterocycles. The lowest BCUT2D eigenvalue weighted by molar-refractivity contribution is -0.141. The first-order valence-electron chi connectivity index (χ1n) is 6.36. The second-order valence-electron chi connectivity index (χ2n) is 4.91. The predicted molar refractivity (Wildman–Crippen MR) is 73.5 cm³/mol. The molecule has 1 atom stereocenters. The summed E-state index contributed by atoms with van der Waals surface area (Å²) in [6.07, 6.45) is 1.78. The molecule has 21 heavy (non-hydrogen) atoms. The molecule has 3 rings (SSSR count). The number of rotatable bonds is 3. The summed E-state index contributed by atoms with van der Waals surface area (Å²) in [5, 5.41) is 12.2. The molecular weight excluding hydrogens is 274 g/mol. The molecule has 1 aromatic carbocycles. The van der Waals surface area contributed by atoms with Gasteiger partial charge in [0.2, 0.25) is 0 Å². The summed E-state index contributed by atoms with van der Waals surface area (Å²) < 4.78 is 1.87. The van der Waals surface area contributed by atoms with Gasteiger partial charge in [-0.15, -0.1) is 0 Å². The fourth-order valence-electron chi connectivity index (χ4n) is 2.62. The maximum Gasteiger partial charge on any atom is 0.325 e. The van der Waals surface area contributed by atoms with E-state index in [0.29, 0.717) is 5.56 Å². The van der Waals surface area contributed by atoms with Crippen molar-refractivity contribution in [1.29, 1.82) is 0 Å². The quantitative estimate of drug-likeness (QED) is 0.819. The minimum Gasteiger partial charge on any atom is -0.480 e. The predicted octanol–water partition coefficient (Wildman–Crippen LogP) is 0.856. The highest BCUT2D eigenvalue weighted by Gasteiger charge is 2.41. The van der Waals surface area contributed by atoms with Gasteiger partial charge in [-0.1, -0.05) is 18.2 Å². The van der Waals surface area contributed by atoms with Gasteiger partial charge in [-0.2, -0.15) is 0 Å². The minimum absolute atomic E-state index is 0.543. The van der Waals surface area contributed by atoms with Gasteiger partial charge in [0.1, 0.15) is 12.6 Å². The molecule has 1 aliphatic rings. The molecule has 1 fully saturated rings. The maximum absolute atomic E-state index is 12.3. The molecule has 2 heterocycles. The number of aromatic nitrogens is 1. The van der Waals surface area contributed by atoms with Gasteiger partial charge < -0.3 is 15.0 Å². The van der Waals surface area contributed by atoms with Crippen LogP contribution in [0, 0.1) is 0 Å². The summed E-state index contributed by atoms with van der Waals surface area (Å²) in [4.78, 5) is 35.5. The van der Waals surface area contributed by atoms with Crippen molar-refractivity contribution in [3.05, 3.63) is 36.0 Å². The first-order chi connectivity index (χ1) is 9.99. The summed E-state index contributed by atoms with van der Waals surface area (Å²) in [5.74, 6) is -1.77. The molecule has 1 aromatic heterocycles. The average molecular weight is 287 g/mol. The van der Waals surface area contributed by atoms with Crippen molar-refractivity contribution in [2.24, 2.45) is 7.05 Å². The number of para-hydroxylation sites is 1. The van der Waals surface area contributed by atoms with E-state index in [4.69, 9.17) is 5.11 Å². The normalized spacial score (nSPS) is 18.3. The van der Waals surface area contributed by atoms with Gasteiger partial charge in [0.05, 0.1) is 0 Å². The monoisotopic (exact) mass is 287 g/mol. The summed E-state index contributed by atoms with van der Waals surface area (Å²) in [7, 11) is 1.85. The van der Waals surface area contributed by atoms with Gasteiger partial charge >= 0.3 is 12.0 Å². The van der Waals surface area contributed by atoms with Crippen LogP contribution in [0.5, 0.6) is 0 Å². The number of hydrogen-bond acceptors (Lipinski definition) is 3. The highest BCUT2D eigenvalue weighted by atomic mass is 16.4. The Morgan fingerprint density at radius 2 is 2.05 bits per heavy atom. The van der Waals surface area contributed by atoms with Crippen LogP contribution in [0.4, 0.5) is 4.79 Å². The van der Waals surface area contributed by atoms with Crippen molar-refractivity contribution in [3.63, 3.8) is 0 Å². The summed E-state index contributed by atoms with van der Waals surface area (Å²) in [5.41, 5.74) is 1.60. The van der Waals surface area contributed by atoms with Crippen molar-refractivity contribution in [1.82, 2.24) is 14.8 Å². The number of urea groups is 1. The van der Waals surface area contributed by atoms with E-state index in [9.17, 15) is 14.4 Å². The lowest BCUT2D eigenvalue weighted by Crippen LogP contribution is -2.35. The molecule has 0 unspecified atom stereocenters. The highest BCUT2D eigenvalue weighted by molar-refractivity contribution is 6.08. The number of aliphatic carboxylic acids is 1. The molecule has 108 valence electrons. The number of imide groups is 1. The highest BCUT2D eigenvalue weighted by Crippen LogP contribution is 2.29. The van der Waals surface area contributed by atoms with Crippen LogP contribution in [-0.2, 0) is 16.6 Å². The molecule has 7 nitrogen and oxygen atoms in total. The van der Waals surface area contributed by atoms with Crippen molar-refractivity contribution < 1.29 is 19.5 Å². The van der Waals surface area contributed by atoms with Crippen LogP contribution < -0.4 is 5.32 Å². The largest absolute Gasteiger partial charge is 0.480 e. The number of carboxylic acids is 1. The molecule has 2 N–H and O–H groups in total. The molecule has 0 radical (unpaired) electrons. The van der Waals surface area contributed by atoms with E-state index < -0.39 is 30.5 Å². The Morgan fingerprint density at radius 3 is 2.76 bits per heavy atom. The number of nitrogens with one attached hydrogen (secondary N) is 1. The van der Waals surface area contributed by atoms with Gasteiger partial charge in [0.25, 0.3) is 5.91 Å². The van der Waals surface area contributed by atoms with Crippen LogP contribution >= 0.6 is 0 Å². The van der Waals surface area contributed by atoms with Crippen LogP contribution in [0.2, 0.25) is 0 Å². The average Bonchev–Trinajstić information content (AvgIpc) is 2.91. The number of carboxylic acid groups (broad SMARTS) is 1. The van der Waals surface area contributed by atoms with E-state index in [-0.39, 0.29) is 0 Å². The summed E-state index contributed by atoms with van der Waals surface area (Å²) >= 11 is 0. The molecule has 1 aliphatic heterocycles. The number of nitrogens with zero attached hydrogens (tertiary/aromatic N) is 2.